The highest BCUT2D eigenvalue weighted by molar-refractivity contribution is 5.75. The maximum Gasteiger partial charge on any atom is 0.309 e. The van der Waals surface area contributed by atoms with Crippen LogP contribution in [0.1, 0.15) is 43.6 Å². The van der Waals surface area contributed by atoms with Crippen molar-refractivity contribution in [3.63, 3.8) is 0 Å². The molecule has 142 valence electrons. The normalized spacial score (nSPS) is 25.0. The molecule has 2 aromatic rings. The molecule has 2 nitrogen and oxygen atoms in total. The van der Waals surface area contributed by atoms with E-state index in [-0.39, 0.29) is 29.1 Å². The van der Waals surface area contributed by atoms with Crippen molar-refractivity contribution in [2.45, 2.75) is 44.1 Å². The fraction of sp³-hybridized carbons (Fsp3) is 0.381. The number of carbonyl (C=O) groups is 1. The van der Waals surface area contributed by atoms with Gasteiger partial charge in [-0.25, -0.2) is 17.6 Å². The van der Waals surface area contributed by atoms with E-state index in [0.29, 0.717) is 12.3 Å². The Bertz CT molecular complexity index is 857. The van der Waals surface area contributed by atoms with Crippen molar-refractivity contribution >= 4 is 5.97 Å². The Morgan fingerprint density at radius 2 is 1.48 bits per heavy atom. The van der Waals surface area contributed by atoms with Gasteiger partial charge in [-0.15, -0.1) is 0 Å². The van der Waals surface area contributed by atoms with Gasteiger partial charge in [-0.1, -0.05) is 12.1 Å². The van der Waals surface area contributed by atoms with E-state index in [4.69, 9.17) is 4.74 Å². The summed E-state index contributed by atoms with van der Waals surface area (Å²) in [6.45, 7) is 0. The first-order chi connectivity index (χ1) is 12.9. The molecule has 27 heavy (non-hydrogen) atoms. The van der Waals surface area contributed by atoms with Crippen LogP contribution in [0.4, 0.5) is 17.6 Å². The molecular formula is C21H18F4O2. The predicted molar refractivity (Wildman–Crippen MR) is 90.9 cm³/mol. The van der Waals surface area contributed by atoms with Crippen LogP contribution in [0.2, 0.25) is 0 Å². The van der Waals surface area contributed by atoms with Crippen LogP contribution in [0, 0.1) is 29.2 Å². The van der Waals surface area contributed by atoms with E-state index in [0.717, 1.165) is 43.4 Å². The van der Waals surface area contributed by atoms with Crippen LogP contribution in [0.5, 0.6) is 0 Å². The summed E-state index contributed by atoms with van der Waals surface area (Å²) in [4.78, 5) is 11.0. The van der Waals surface area contributed by atoms with Crippen LogP contribution < -0.4 is 0 Å². The highest BCUT2D eigenvalue weighted by Gasteiger charge is 2.37. The van der Waals surface area contributed by atoms with Gasteiger partial charge in [0.15, 0.2) is 17.5 Å². The number of rotatable bonds is 3. The van der Waals surface area contributed by atoms with Crippen LogP contribution in [0.25, 0.3) is 11.1 Å². The summed E-state index contributed by atoms with van der Waals surface area (Å²) < 4.78 is 59.7. The van der Waals surface area contributed by atoms with Gasteiger partial charge >= 0.3 is 5.97 Å². The number of benzene rings is 2. The first-order valence-electron chi connectivity index (χ1n) is 9.06. The summed E-state index contributed by atoms with van der Waals surface area (Å²) in [5.74, 6) is -4.42. The molecule has 4 rings (SSSR count). The van der Waals surface area contributed by atoms with Gasteiger partial charge < -0.3 is 4.74 Å². The highest BCUT2D eigenvalue weighted by atomic mass is 19.2. The van der Waals surface area contributed by atoms with E-state index >= 15 is 0 Å². The fourth-order valence-corrected chi connectivity index (χ4v) is 4.14. The van der Waals surface area contributed by atoms with Crippen LogP contribution in [0.3, 0.4) is 0 Å². The van der Waals surface area contributed by atoms with Crippen LogP contribution in [-0.4, -0.2) is 12.1 Å². The lowest BCUT2D eigenvalue weighted by Crippen LogP contribution is -2.40. The molecule has 1 saturated carbocycles. The van der Waals surface area contributed by atoms with Gasteiger partial charge in [0.25, 0.3) is 0 Å². The standard InChI is InChI=1S/C21H18F4O2/c22-16-7-13(11-1-3-12(4-2-11)19-10-20(26)27-19)5-6-15(16)14-8-17(23)21(25)18(24)9-14/h5-9,11-12,19H,1-4,10H2. The summed E-state index contributed by atoms with van der Waals surface area (Å²) in [7, 11) is 0. The molecule has 0 aromatic heterocycles. The van der Waals surface area contributed by atoms with E-state index < -0.39 is 23.3 Å². The second-order valence-corrected chi connectivity index (χ2v) is 7.34. The second kappa shape index (κ2) is 6.98. The third-order valence-corrected chi connectivity index (χ3v) is 5.71. The quantitative estimate of drug-likeness (QED) is 0.401. The largest absolute Gasteiger partial charge is 0.461 e. The van der Waals surface area contributed by atoms with Crippen molar-refractivity contribution in [1.82, 2.24) is 0 Å². The fourth-order valence-electron chi connectivity index (χ4n) is 4.14. The topological polar surface area (TPSA) is 26.3 Å². The van der Waals surface area contributed by atoms with E-state index in [1.165, 1.54) is 12.1 Å². The molecule has 0 spiro atoms. The van der Waals surface area contributed by atoms with Gasteiger partial charge in [0.2, 0.25) is 0 Å². The van der Waals surface area contributed by atoms with Crippen LogP contribution in [0.15, 0.2) is 30.3 Å². The lowest BCUT2D eigenvalue weighted by molar-refractivity contribution is -0.176. The van der Waals surface area contributed by atoms with Crippen molar-refractivity contribution < 1.29 is 27.1 Å². The Morgan fingerprint density at radius 3 is 2.04 bits per heavy atom. The zero-order valence-corrected chi connectivity index (χ0v) is 14.5. The Morgan fingerprint density at radius 1 is 0.852 bits per heavy atom. The molecule has 6 heteroatoms. The molecule has 2 aromatic carbocycles. The van der Waals surface area contributed by atoms with Gasteiger partial charge in [0, 0.05) is 5.56 Å². The number of ether oxygens (including phenoxy) is 1. The summed E-state index contributed by atoms with van der Waals surface area (Å²) in [5, 5.41) is 0. The lowest BCUT2D eigenvalue weighted by Gasteiger charge is -2.37. The third kappa shape index (κ3) is 3.45. The second-order valence-electron chi connectivity index (χ2n) is 7.34. The molecule has 0 radical (unpaired) electrons. The molecule has 1 aliphatic carbocycles. The molecule has 0 amide bonds. The van der Waals surface area contributed by atoms with E-state index in [1.807, 2.05) is 0 Å². The zero-order valence-electron chi connectivity index (χ0n) is 14.5. The van der Waals surface area contributed by atoms with Crippen molar-refractivity contribution in [1.29, 1.82) is 0 Å². The SMILES string of the molecule is O=C1CC(C2CCC(c3ccc(-c4cc(F)c(F)c(F)c4)c(F)c3)CC2)O1. The first-order valence-corrected chi connectivity index (χ1v) is 9.06. The lowest BCUT2D eigenvalue weighted by atomic mass is 9.75. The number of hydrogen-bond donors (Lipinski definition) is 0. The number of esters is 1. The molecule has 2 fully saturated rings. The Kier molecular flexibility index (Phi) is 4.66. The monoisotopic (exact) mass is 378 g/mol. The smallest absolute Gasteiger partial charge is 0.309 e. The predicted octanol–water partition coefficient (Wildman–Crippen LogP) is 5.50. The highest BCUT2D eigenvalue weighted by Crippen LogP contribution is 2.41. The number of cyclic esters (lactones) is 1. The molecule has 2 aliphatic rings. The van der Waals surface area contributed by atoms with Crippen LogP contribution >= 0.6 is 0 Å². The van der Waals surface area contributed by atoms with Crippen molar-refractivity contribution in [2.75, 3.05) is 0 Å². The average molecular weight is 378 g/mol. The Balaban J connectivity index is 1.48. The van der Waals surface area contributed by atoms with Gasteiger partial charge in [-0.2, -0.15) is 0 Å². The summed E-state index contributed by atoms with van der Waals surface area (Å²) >= 11 is 0. The van der Waals surface area contributed by atoms with E-state index in [1.54, 1.807) is 6.07 Å². The number of hydrogen-bond acceptors (Lipinski definition) is 2. The van der Waals surface area contributed by atoms with E-state index in [9.17, 15) is 22.4 Å². The molecule has 1 heterocycles. The van der Waals surface area contributed by atoms with Crippen molar-refractivity contribution in [2.24, 2.45) is 5.92 Å². The summed E-state index contributed by atoms with van der Waals surface area (Å²) in [5.41, 5.74) is 0.834. The van der Waals surface area contributed by atoms with Gasteiger partial charge in [0.1, 0.15) is 11.9 Å². The van der Waals surface area contributed by atoms with Gasteiger partial charge in [-0.05, 0) is 66.8 Å². The molecule has 0 bridgehead atoms. The van der Waals surface area contributed by atoms with Crippen LogP contribution in [-0.2, 0) is 9.53 Å². The summed E-state index contributed by atoms with van der Waals surface area (Å²) in [6, 6.07) is 6.22. The minimum Gasteiger partial charge on any atom is -0.461 e. The van der Waals surface area contributed by atoms with E-state index in [2.05, 4.69) is 0 Å². The minimum atomic E-state index is -1.57. The molecule has 1 unspecified atom stereocenters. The number of carbonyl (C=O) groups excluding carboxylic acids is 1. The zero-order chi connectivity index (χ0) is 19.1. The Labute approximate surface area is 154 Å². The average Bonchev–Trinajstić information content (AvgIpc) is 2.63. The Hall–Kier alpha value is -2.37. The van der Waals surface area contributed by atoms with Gasteiger partial charge in [-0.3, -0.25) is 4.79 Å². The maximum atomic E-state index is 14.6. The molecule has 1 saturated heterocycles. The molecule has 1 aliphatic heterocycles. The third-order valence-electron chi connectivity index (χ3n) is 5.71. The minimum absolute atomic E-state index is 0.0285. The number of halogens is 4. The molecule has 1 atom stereocenters. The maximum absolute atomic E-state index is 14.6. The van der Waals surface area contributed by atoms with Crippen molar-refractivity contribution in [3.05, 3.63) is 59.2 Å². The molecule has 0 N–H and O–H groups in total. The van der Waals surface area contributed by atoms with Crippen molar-refractivity contribution in [3.8, 4) is 11.1 Å². The molecular weight excluding hydrogens is 360 g/mol. The summed E-state index contributed by atoms with van der Waals surface area (Å²) in [6.07, 6.45) is 4.10. The van der Waals surface area contributed by atoms with Gasteiger partial charge in [0.05, 0.1) is 6.42 Å². The first kappa shape index (κ1) is 18.0.